The number of aryl methyl sites for hydroxylation is 1. The van der Waals surface area contributed by atoms with E-state index in [0.717, 1.165) is 22.0 Å². The fraction of sp³-hybridized carbons (Fsp3) is 0.364. The highest BCUT2D eigenvalue weighted by Gasteiger charge is 2.43. The summed E-state index contributed by atoms with van der Waals surface area (Å²) in [5, 5.41) is 1.80. The van der Waals surface area contributed by atoms with E-state index in [4.69, 9.17) is 11.6 Å². The minimum absolute atomic E-state index is 0.0688. The summed E-state index contributed by atoms with van der Waals surface area (Å²) in [5.74, 6) is -3.19. The molecular weight excluding hydrogens is 366 g/mol. The van der Waals surface area contributed by atoms with Crippen LogP contribution in [0.4, 0.5) is 8.78 Å². The summed E-state index contributed by atoms with van der Waals surface area (Å²) in [6.45, 7) is 1.54. The molecule has 1 fully saturated rings. The molecule has 0 bridgehead atoms. The van der Waals surface area contributed by atoms with Crippen molar-refractivity contribution in [1.82, 2.24) is 9.88 Å². The van der Waals surface area contributed by atoms with Gasteiger partial charge in [0, 0.05) is 54.1 Å². The lowest BCUT2D eigenvalue weighted by Gasteiger charge is -2.38. The summed E-state index contributed by atoms with van der Waals surface area (Å²) < 4.78 is 28.9. The number of nitrogens with one attached hydrogen (secondary N) is 1. The van der Waals surface area contributed by atoms with Crippen molar-refractivity contribution in [3.63, 3.8) is 0 Å². The molecule has 2 heterocycles. The first-order valence-electron chi connectivity index (χ1n) is 9.41. The van der Waals surface area contributed by atoms with Gasteiger partial charge in [-0.1, -0.05) is 48.0 Å². The molecule has 0 saturated carbocycles. The molecule has 1 aliphatic rings. The van der Waals surface area contributed by atoms with Crippen LogP contribution in [0.3, 0.4) is 0 Å². The molecule has 0 radical (unpaired) electrons. The quantitative estimate of drug-likeness (QED) is 0.575. The molecule has 27 heavy (non-hydrogen) atoms. The number of likely N-dealkylation sites (tertiary alicyclic amines) is 1. The number of fused-ring (bicyclic) bond motifs is 1. The van der Waals surface area contributed by atoms with Gasteiger partial charge >= 0.3 is 0 Å². The Hall–Kier alpha value is -1.91. The molecule has 0 aliphatic carbocycles. The van der Waals surface area contributed by atoms with E-state index in [1.165, 1.54) is 0 Å². The Morgan fingerprint density at radius 3 is 2.78 bits per heavy atom. The summed E-state index contributed by atoms with van der Waals surface area (Å²) in [5.41, 5.74) is 3.24. The normalized spacial score (nSPS) is 20.2. The van der Waals surface area contributed by atoms with Crippen molar-refractivity contribution in [1.29, 1.82) is 0 Å². The second-order valence-electron chi connectivity index (χ2n) is 7.47. The molecule has 5 heteroatoms. The summed E-state index contributed by atoms with van der Waals surface area (Å²) >= 11 is 6.04. The minimum Gasteiger partial charge on any atom is -0.361 e. The van der Waals surface area contributed by atoms with Crippen LogP contribution >= 0.6 is 11.6 Å². The molecule has 142 valence electrons. The lowest BCUT2D eigenvalue weighted by Crippen LogP contribution is -2.46. The van der Waals surface area contributed by atoms with Crippen molar-refractivity contribution in [2.24, 2.45) is 5.92 Å². The van der Waals surface area contributed by atoms with Gasteiger partial charge in [-0.15, -0.1) is 0 Å². The molecule has 1 saturated heterocycles. The molecule has 2 aromatic carbocycles. The Bertz CT molecular complexity index is 907. The van der Waals surface area contributed by atoms with E-state index in [2.05, 4.69) is 9.88 Å². The molecule has 4 rings (SSSR count). The van der Waals surface area contributed by atoms with Gasteiger partial charge in [-0.3, -0.25) is 4.90 Å². The van der Waals surface area contributed by atoms with Crippen LogP contribution in [0.25, 0.3) is 10.9 Å². The van der Waals surface area contributed by atoms with E-state index in [0.29, 0.717) is 37.5 Å². The Kier molecular flexibility index (Phi) is 5.20. The predicted octanol–water partition coefficient (Wildman–Crippen LogP) is 5.91. The first-order chi connectivity index (χ1) is 13.0. The van der Waals surface area contributed by atoms with Gasteiger partial charge in [0.2, 0.25) is 0 Å². The van der Waals surface area contributed by atoms with E-state index >= 15 is 0 Å². The zero-order valence-corrected chi connectivity index (χ0v) is 15.9. The first kappa shape index (κ1) is 18.5. The zero-order chi connectivity index (χ0) is 18.9. The molecular formula is C22H23ClF2N2. The average molecular weight is 389 g/mol. The molecule has 0 unspecified atom stereocenters. The maximum absolute atomic E-state index is 14.5. The minimum atomic E-state index is -2.58. The van der Waals surface area contributed by atoms with Crippen LogP contribution in [0.2, 0.25) is 5.02 Å². The molecule has 1 aromatic heterocycles. The number of alkyl halides is 2. The van der Waals surface area contributed by atoms with E-state index in [1.54, 1.807) is 0 Å². The van der Waals surface area contributed by atoms with E-state index < -0.39 is 11.8 Å². The third-order valence-electron chi connectivity index (χ3n) is 5.58. The number of aromatic nitrogens is 1. The molecule has 3 aromatic rings. The van der Waals surface area contributed by atoms with Crippen molar-refractivity contribution >= 4 is 22.5 Å². The third-order valence-corrected chi connectivity index (χ3v) is 5.82. The van der Waals surface area contributed by atoms with Crippen molar-refractivity contribution in [2.75, 3.05) is 13.1 Å². The van der Waals surface area contributed by atoms with Gasteiger partial charge in [0.05, 0.1) is 0 Å². The van der Waals surface area contributed by atoms with E-state index in [-0.39, 0.29) is 6.42 Å². The van der Waals surface area contributed by atoms with Gasteiger partial charge in [-0.25, -0.2) is 8.78 Å². The van der Waals surface area contributed by atoms with Crippen molar-refractivity contribution < 1.29 is 8.78 Å². The number of aromatic amines is 1. The summed E-state index contributed by atoms with van der Waals surface area (Å²) in [6, 6.07) is 15.7. The lowest BCUT2D eigenvalue weighted by molar-refractivity contribution is -0.109. The molecule has 0 spiro atoms. The van der Waals surface area contributed by atoms with Crippen LogP contribution in [0.15, 0.2) is 54.7 Å². The Morgan fingerprint density at radius 1 is 1.15 bits per heavy atom. The number of hydrogen-bond acceptors (Lipinski definition) is 1. The summed E-state index contributed by atoms with van der Waals surface area (Å²) in [4.78, 5) is 5.39. The van der Waals surface area contributed by atoms with Gasteiger partial charge in [0.1, 0.15) is 0 Å². The Labute approximate surface area is 163 Å². The maximum atomic E-state index is 14.5. The number of nitrogens with zero attached hydrogens (tertiary/aromatic N) is 1. The Morgan fingerprint density at radius 2 is 1.96 bits per heavy atom. The average Bonchev–Trinajstić information content (AvgIpc) is 3.04. The number of H-pyrrole nitrogens is 1. The maximum Gasteiger partial charge on any atom is 0.253 e. The third kappa shape index (κ3) is 4.17. The van der Waals surface area contributed by atoms with Crippen LogP contribution in [-0.2, 0) is 13.0 Å². The van der Waals surface area contributed by atoms with Crippen LogP contribution in [0.5, 0.6) is 0 Å². The van der Waals surface area contributed by atoms with Crippen LogP contribution in [0.1, 0.15) is 24.0 Å². The van der Waals surface area contributed by atoms with Crippen molar-refractivity contribution in [2.45, 2.75) is 31.7 Å². The standard InChI is InChI=1S/C22H23ClF2N2/c23-19-8-9-20-17(13-26-21(20)12-19)14-27-11-10-22(24,25)18(15-27)7-6-16-4-2-1-3-5-16/h1-5,8-9,12-13,18,26H,6-7,10-11,14-15H2/t18-/m1/s1. The van der Waals surface area contributed by atoms with Crippen molar-refractivity contribution in [3.8, 4) is 0 Å². The zero-order valence-electron chi connectivity index (χ0n) is 15.1. The number of benzene rings is 2. The highest BCUT2D eigenvalue weighted by Crippen LogP contribution is 2.37. The molecule has 2 nitrogen and oxygen atoms in total. The van der Waals surface area contributed by atoms with E-state index in [1.807, 2.05) is 54.7 Å². The summed E-state index contributed by atoms with van der Waals surface area (Å²) in [7, 11) is 0. The number of halogens is 3. The smallest absolute Gasteiger partial charge is 0.253 e. The molecule has 1 aliphatic heterocycles. The van der Waals surface area contributed by atoms with Gasteiger partial charge < -0.3 is 4.98 Å². The van der Waals surface area contributed by atoms with Crippen LogP contribution < -0.4 is 0 Å². The van der Waals surface area contributed by atoms with Gasteiger partial charge in [-0.2, -0.15) is 0 Å². The fourth-order valence-electron chi connectivity index (χ4n) is 4.01. The number of rotatable bonds is 5. The molecule has 0 amide bonds. The highest BCUT2D eigenvalue weighted by molar-refractivity contribution is 6.31. The number of hydrogen-bond donors (Lipinski definition) is 1. The first-order valence-corrected chi connectivity index (χ1v) is 9.79. The second kappa shape index (κ2) is 7.61. The highest BCUT2D eigenvalue weighted by atomic mass is 35.5. The predicted molar refractivity (Wildman–Crippen MR) is 106 cm³/mol. The van der Waals surface area contributed by atoms with Crippen molar-refractivity contribution in [3.05, 3.63) is 70.9 Å². The Balaban J connectivity index is 1.44. The van der Waals surface area contributed by atoms with Gasteiger partial charge in [0.25, 0.3) is 5.92 Å². The van der Waals surface area contributed by atoms with Crippen LogP contribution in [0, 0.1) is 5.92 Å². The van der Waals surface area contributed by atoms with Crippen LogP contribution in [-0.4, -0.2) is 28.9 Å². The second-order valence-corrected chi connectivity index (χ2v) is 7.91. The molecule has 1 N–H and O–H groups in total. The number of piperidine rings is 1. The lowest BCUT2D eigenvalue weighted by atomic mass is 9.88. The van der Waals surface area contributed by atoms with E-state index in [9.17, 15) is 8.78 Å². The topological polar surface area (TPSA) is 19.0 Å². The largest absolute Gasteiger partial charge is 0.361 e. The monoisotopic (exact) mass is 388 g/mol. The SMILES string of the molecule is FC1(F)CCN(Cc2c[nH]c3cc(Cl)ccc23)C[C@H]1CCc1ccccc1. The fourth-order valence-corrected chi connectivity index (χ4v) is 4.18. The molecule has 1 atom stereocenters. The van der Waals surface area contributed by atoms with Gasteiger partial charge in [-0.05, 0) is 36.1 Å². The summed E-state index contributed by atoms with van der Waals surface area (Å²) in [6.07, 6.45) is 3.10. The van der Waals surface area contributed by atoms with Gasteiger partial charge in [0.15, 0.2) is 0 Å².